The second-order valence-corrected chi connectivity index (χ2v) is 13.9. The monoisotopic (exact) mass is 403 g/mol. The predicted octanol–water partition coefficient (Wildman–Crippen LogP) is -1.45. The van der Waals surface area contributed by atoms with E-state index in [9.17, 15) is 40.3 Å². The molecule has 1 heterocycles. The molecule has 3 aliphatic rings. The molecule has 0 radical (unpaired) electrons. The summed E-state index contributed by atoms with van der Waals surface area (Å²) in [5, 5.41) is 61.2. The molecule has 0 bridgehead atoms. The standard InChI is InChI=1S/C15H22N2O9Si/c1-27(2,3)5-4-26-6-17(25)9-7(8(16-17)12(20)21)14(23)13(22)15(14,24)11(19)10(9)18/h13,22-25H,4-6H2,1-3H3,(H2-,16,18,19,20,21)/p+1. The highest BCUT2D eigenvalue weighted by atomic mass is 28.3. The lowest BCUT2D eigenvalue weighted by molar-refractivity contribution is -1.11. The Balaban J connectivity index is 1.98. The van der Waals surface area contributed by atoms with Gasteiger partial charge in [-0.05, 0) is 10.8 Å². The molecule has 150 valence electrons. The van der Waals surface area contributed by atoms with E-state index < -0.39 is 71.3 Å². The number of quaternary nitrogens is 1. The lowest BCUT2D eigenvalue weighted by atomic mass is 9.89. The normalized spacial score (nSPS) is 37.9. The summed E-state index contributed by atoms with van der Waals surface area (Å²) in [5.41, 5.74) is -5.34. The summed E-state index contributed by atoms with van der Waals surface area (Å²) in [7, 11) is -1.44. The van der Waals surface area contributed by atoms with Crippen LogP contribution in [0.2, 0.25) is 25.7 Å². The number of carboxylic acids is 1. The number of nitrogens with one attached hydrogen (secondary N) is 1. The summed E-state index contributed by atoms with van der Waals surface area (Å²) >= 11 is 0. The number of hydrogen-bond donors (Lipinski definition) is 7. The van der Waals surface area contributed by atoms with Crippen LogP contribution < -0.4 is 5.43 Å². The van der Waals surface area contributed by atoms with Crippen LogP contribution in [0.15, 0.2) is 22.7 Å². The molecule has 27 heavy (non-hydrogen) atoms. The van der Waals surface area contributed by atoms with Crippen LogP contribution in [-0.2, 0) is 14.3 Å². The quantitative estimate of drug-likeness (QED) is 0.158. The maximum absolute atomic E-state index is 12.2. The molecule has 11 nitrogen and oxygen atoms in total. The molecule has 12 heteroatoms. The number of hydrogen-bond acceptors (Lipinski definition) is 9. The Morgan fingerprint density at radius 1 is 1.30 bits per heavy atom. The Bertz CT molecular complexity index is 804. The van der Waals surface area contributed by atoms with E-state index in [0.29, 0.717) is 0 Å². The predicted molar refractivity (Wildman–Crippen MR) is 89.4 cm³/mol. The molecular weight excluding hydrogens is 380 g/mol. The zero-order chi connectivity index (χ0) is 20.6. The summed E-state index contributed by atoms with van der Waals surface area (Å²) in [6.45, 7) is 5.98. The molecule has 0 amide bonds. The molecular formula is C15H23N2O9Si+. The Labute approximate surface area is 154 Å². The van der Waals surface area contributed by atoms with Crippen LogP contribution >= 0.6 is 0 Å². The van der Waals surface area contributed by atoms with Gasteiger partial charge in [-0.1, -0.05) is 19.6 Å². The number of Topliss-reactive ketones (excluding diaryl/α,β-unsaturated/α-hetero) is 1. The van der Waals surface area contributed by atoms with Crippen molar-refractivity contribution in [1.29, 1.82) is 0 Å². The van der Waals surface area contributed by atoms with Gasteiger partial charge in [0.2, 0.25) is 24.0 Å². The minimum absolute atomic E-state index is 0.245. The number of ether oxygens (including phenoxy) is 1. The van der Waals surface area contributed by atoms with Gasteiger partial charge in [-0.15, -0.1) is 0 Å². The molecule has 4 atom stereocenters. The number of aliphatic hydroxyl groups excluding tert-OH is 2. The Morgan fingerprint density at radius 3 is 2.41 bits per heavy atom. The molecule has 0 aromatic rings. The summed E-state index contributed by atoms with van der Waals surface area (Å²) in [4.78, 5) is 23.8. The molecule has 0 aromatic heterocycles. The van der Waals surface area contributed by atoms with Crippen LogP contribution in [0.4, 0.5) is 0 Å². The van der Waals surface area contributed by atoms with E-state index in [1.165, 1.54) is 0 Å². The van der Waals surface area contributed by atoms with Crippen LogP contribution in [0, 0.1) is 0 Å². The smallest absolute Gasteiger partial charge is 0.357 e. The maximum atomic E-state index is 12.2. The first-order chi connectivity index (χ1) is 12.2. The second kappa shape index (κ2) is 5.61. The zero-order valence-corrected chi connectivity index (χ0v) is 16.1. The van der Waals surface area contributed by atoms with Gasteiger partial charge in [0.15, 0.2) is 16.9 Å². The van der Waals surface area contributed by atoms with E-state index >= 15 is 0 Å². The van der Waals surface area contributed by atoms with Gasteiger partial charge in [0.25, 0.3) is 0 Å². The number of hydroxylamine groups is 2. The lowest BCUT2D eigenvalue weighted by Gasteiger charge is -2.29. The number of aliphatic hydroxyl groups is 4. The van der Waals surface area contributed by atoms with Crippen molar-refractivity contribution in [3.8, 4) is 0 Å². The SMILES string of the molecule is C[Si](C)(C)CCOC[N+]1(O)NC(C(=O)O)=C2C1=C(O)C(=O)C1(O)C(O)C21O. The number of carboxylic acid groups (broad SMARTS) is 1. The second-order valence-electron chi connectivity index (χ2n) is 8.25. The first-order valence-electron chi connectivity index (χ1n) is 8.28. The number of rotatable bonds is 6. The van der Waals surface area contributed by atoms with Gasteiger partial charge in [0.1, 0.15) is 6.10 Å². The van der Waals surface area contributed by atoms with Crippen LogP contribution in [-0.4, -0.2) is 86.0 Å². The van der Waals surface area contributed by atoms with E-state index in [1.807, 2.05) is 0 Å². The van der Waals surface area contributed by atoms with Crippen molar-refractivity contribution in [2.24, 2.45) is 0 Å². The topological polar surface area (TPSA) is 177 Å². The Kier molecular flexibility index (Phi) is 4.14. The van der Waals surface area contributed by atoms with Crippen molar-refractivity contribution in [1.82, 2.24) is 5.43 Å². The minimum Gasteiger partial charge on any atom is -0.500 e. The number of ketones is 1. The number of aliphatic carboxylic acids is 1. The largest absolute Gasteiger partial charge is 0.500 e. The minimum atomic E-state index is -2.77. The summed E-state index contributed by atoms with van der Waals surface area (Å²) in [6.07, 6.45) is -2.05. The molecule has 0 spiro atoms. The molecule has 0 saturated heterocycles. The number of nitrogens with zero attached hydrogens (tertiary/aromatic N) is 1. The highest BCUT2D eigenvalue weighted by Gasteiger charge is 2.88. The number of carbonyl (C=O) groups excluding carboxylic acids is 1. The zero-order valence-electron chi connectivity index (χ0n) is 15.1. The highest BCUT2D eigenvalue weighted by molar-refractivity contribution is 6.76. The van der Waals surface area contributed by atoms with Gasteiger partial charge in [-0.25, -0.2) is 4.79 Å². The lowest BCUT2D eigenvalue weighted by Crippen LogP contribution is -2.55. The van der Waals surface area contributed by atoms with Crippen molar-refractivity contribution in [3.05, 3.63) is 22.7 Å². The third kappa shape index (κ3) is 2.49. The third-order valence-electron chi connectivity index (χ3n) is 5.10. The van der Waals surface area contributed by atoms with E-state index in [4.69, 9.17) is 4.74 Å². The first-order valence-corrected chi connectivity index (χ1v) is 12.0. The molecule has 1 fully saturated rings. The molecule has 7 N–H and O–H groups in total. The van der Waals surface area contributed by atoms with Crippen molar-refractivity contribution in [3.63, 3.8) is 0 Å². The van der Waals surface area contributed by atoms with E-state index in [-0.39, 0.29) is 6.61 Å². The third-order valence-corrected chi connectivity index (χ3v) is 6.80. The summed E-state index contributed by atoms with van der Waals surface area (Å²) in [6, 6.07) is 0.742. The highest BCUT2D eigenvalue weighted by Crippen LogP contribution is 2.62. The fourth-order valence-electron chi connectivity index (χ4n) is 3.43. The first kappa shape index (κ1) is 19.9. The Hall–Kier alpha value is -1.80. The van der Waals surface area contributed by atoms with Gasteiger partial charge in [0.05, 0.1) is 12.2 Å². The van der Waals surface area contributed by atoms with Crippen molar-refractivity contribution in [2.45, 2.75) is 43.0 Å². The summed E-state index contributed by atoms with van der Waals surface area (Å²) in [5.74, 6) is -4.20. The number of carbonyl (C=O) groups is 2. The fraction of sp³-hybridized carbons (Fsp3) is 0.600. The van der Waals surface area contributed by atoms with Crippen molar-refractivity contribution < 1.29 is 49.8 Å². The van der Waals surface area contributed by atoms with E-state index in [2.05, 4.69) is 25.1 Å². The van der Waals surface area contributed by atoms with Gasteiger partial charge >= 0.3 is 5.97 Å². The number of fused-ring (bicyclic) bond motifs is 3. The van der Waals surface area contributed by atoms with Crippen LogP contribution in [0.1, 0.15) is 0 Å². The average Bonchev–Trinajstić information content (AvgIpc) is 2.87. The summed E-state index contributed by atoms with van der Waals surface area (Å²) < 4.78 is 3.88. The average molecular weight is 403 g/mol. The molecule has 1 saturated carbocycles. The van der Waals surface area contributed by atoms with Gasteiger partial charge in [-0.3, -0.25) is 4.79 Å². The Morgan fingerprint density at radius 2 is 1.89 bits per heavy atom. The molecule has 4 unspecified atom stereocenters. The maximum Gasteiger partial charge on any atom is 0.357 e. The van der Waals surface area contributed by atoms with E-state index in [0.717, 1.165) is 6.04 Å². The van der Waals surface area contributed by atoms with Crippen molar-refractivity contribution in [2.75, 3.05) is 13.3 Å². The van der Waals surface area contributed by atoms with Gasteiger partial charge < -0.3 is 30.3 Å². The van der Waals surface area contributed by atoms with Crippen LogP contribution in [0.25, 0.3) is 0 Å². The van der Waals surface area contributed by atoms with Gasteiger partial charge in [0, 0.05) is 8.07 Å². The van der Waals surface area contributed by atoms with Crippen LogP contribution in [0.3, 0.4) is 0 Å². The fourth-order valence-corrected chi connectivity index (χ4v) is 4.19. The van der Waals surface area contributed by atoms with E-state index in [1.54, 1.807) is 0 Å². The molecule has 3 rings (SSSR count). The van der Waals surface area contributed by atoms with Crippen molar-refractivity contribution >= 4 is 19.8 Å². The molecule has 2 aliphatic carbocycles. The molecule has 1 aliphatic heterocycles. The van der Waals surface area contributed by atoms with Gasteiger partial charge in [-0.2, -0.15) is 10.6 Å². The van der Waals surface area contributed by atoms with Crippen LogP contribution in [0.5, 0.6) is 0 Å². The molecule has 0 aromatic carbocycles.